The lowest BCUT2D eigenvalue weighted by atomic mass is 10.2. The van der Waals surface area contributed by atoms with Crippen molar-refractivity contribution in [1.82, 2.24) is 10.6 Å². The molecule has 2 amide bonds. The number of anilines is 1. The SMILES string of the molecule is CCCNC(=O)CNc1ccc(C(=O)NC(C)C)cc1. The summed E-state index contributed by atoms with van der Waals surface area (Å²) >= 11 is 0. The molecule has 0 atom stereocenters. The highest BCUT2D eigenvalue weighted by atomic mass is 16.2. The first-order valence-corrected chi connectivity index (χ1v) is 6.94. The van der Waals surface area contributed by atoms with E-state index in [0.29, 0.717) is 12.1 Å². The second kappa shape index (κ2) is 8.19. The van der Waals surface area contributed by atoms with E-state index in [0.717, 1.165) is 12.1 Å². The van der Waals surface area contributed by atoms with Gasteiger partial charge in [-0.2, -0.15) is 0 Å². The Hall–Kier alpha value is -2.04. The average Bonchev–Trinajstić information content (AvgIpc) is 2.42. The lowest BCUT2D eigenvalue weighted by molar-refractivity contribution is -0.119. The fourth-order valence-electron chi connectivity index (χ4n) is 1.59. The Balaban J connectivity index is 2.46. The van der Waals surface area contributed by atoms with Crippen LogP contribution in [-0.2, 0) is 4.79 Å². The zero-order valence-corrected chi connectivity index (χ0v) is 12.3. The van der Waals surface area contributed by atoms with Gasteiger partial charge in [0.1, 0.15) is 0 Å². The molecule has 0 unspecified atom stereocenters. The van der Waals surface area contributed by atoms with Gasteiger partial charge in [-0.05, 0) is 44.5 Å². The van der Waals surface area contributed by atoms with Crippen LogP contribution in [0, 0.1) is 0 Å². The number of amides is 2. The molecule has 0 bridgehead atoms. The van der Waals surface area contributed by atoms with Gasteiger partial charge in [0.15, 0.2) is 0 Å². The van der Waals surface area contributed by atoms with Crippen molar-refractivity contribution in [2.24, 2.45) is 0 Å². The highest BCUT2D eigenvalue weighted by Crippen LogP contribution is 2.09. The number of carbonyl (C=O) groups excluding carboxylic acids is 2. The van der Waals surface area contributed by atoms with E-state index in [1.807, 2.05) is 20.8 Å². The Bertz CT molecular complexity index is 441. The maximum absolute atomic E-state index is 11.8. The number of rotatable bonds is 7. The number of nitrogens with one attached hydrogen (secondary N) is 3. The first-order valence-electron chi connectivity index (χ1n) is 6.94. The zero-order chi connectivity index (χ0) is 15.0. The van der Waals surface area contributed by atoms with Crippen LogP contribution in [0.1, 0.15) is 37.6 Å². The standard InChI is InChI=1S/C15H23N3O2/c1-4-9-16-14(19)10-17-13-7-5-12(6-8-13)15(20)18-11(2)3/h5-8,11,17H,4,9-10H2,1-3H3,(H,16,19)(H,18,20). The molecule has 1 aromatic carbocycles. The predicted octanol–water partition coefficient (Wildman–Crippen LogP) is 1.76. The Morgan fingerprint density at radius 2 is 1.80 bits per heavy atom. The van der Waals surface area contributed by atoms with Crippen LogP contribution in [0.25, 0.3) is 0 Å². The summed E-state index contributed by atoms with van der Waals surface area (Å²) in [4.78, 5) is 23.2. The molecule has 1 rings (SSSR count). The third-order valence-electron chi connectivity index (χ3n) is 2.59. The second-order valence-electron chi connectivity index (χ2n) is 4.91. The van der Waals surface area contributed by atoms with Crippen molar-refractivity contribution in [3.05, 3.63) is 29.8 Å². The van der Waals surface area contributed by atoms with Gasteiger partial charge in [-0.3, -0.25) is 9.59 Å². The van der Waals surface area contributed by atoms with Gasteiger partial charge in [0.25, 0.3) is 5.91 Å². The third kappa shape index (κ3) is 5.73. The quantitative estimate of drug-likeness (QED) is 0.711. The number of hydrogen-bond donors (Lipinski definition) is 3. The average molecular weight is 277 g/mol. The molecule has 110 valence electrons. The van der Waals surface area contributed by atoms with Crippen LogP contribution in [0.4, 0.5) is 5.69 Å². The second-order valence-corrected chi connectivity index (χ2v) is 4.91. The van der Waals surface area contributed by atoms with Gasteiger partial charge < -0.3 is 16.0 Å². The third-order valence-corrected chi connectivity index (χ3v) is 2.59. The van der Waals surface area contributed by atoms with Crippen molar-refractivity contribution < 1.29 is 9.59 Å². The van der Waals surface area contributed by atoms with Gasteiger partial charge in [0.05, 0.1) is 6.54 Å². The Morgan fingerprint density at radius 1 is 1.15 bits per heavy atom. The highest BCUT2D eigenvalue weighted by molar-refractivity contribution is 5.94. The number of carbonyl (C=O) groups is 2. The molecule has 0 aliphatic rings. The van der Waals surface area contributed by atoms with Crippen molar-refractivity contribution >= 4 is 17.5 Å². The van der Waals surface area contributed by atoms with Gasteiger partial charge in [0, 0.05) is 23.8 Å². The summed E-state index contributed by atoms with van der Waals surface area (Å²) < 4.78 is 0. The number of benzene rings is 1. The molecule has 0 aromatic heterocycles. The van der Waals surface area contributed by atoms with Gasteiger partial charge >= 0.3 is 0 Å². The molecule has 0 fully saturated rings. The molecular formula is C15H23N3O2. The predicted molar refractivity (Wildman–Crippen MR) is 80.8 cm³/mol. The molecule has 0 saturated heterocycles. The van der Waals surface area contributed by atoms with Crippen molar-refractivity contribution in [1.29, 1.82) is 0 Å². The van der Waals surface area contributed by atoms with Crippen LogP contribution in [-0.4, -0.2) is 30.9 Å². The van der Waals surface area contributed by atoms with Gasteiger partial charge in [-0.15, -0.1) is 0 Å². The van der Waals surface area contributed by atoms with Crippen LogP contribution in [0.2, 0.25) is 0 Å². The fraction of sp³-hybridized carbons (Fsp3) is 0.467. The molecule has 20 heavy (non-hydrogen) atoms. The summed E-state index contributed by atoms with van der Waals surface area (Å²) in [5, 5.41) is 8.63. The first-order chi connectivity index (χ1) is 9.52. The van der Waals surface area contributed by atoms with Crippen molar-refractivity contribution in [2.45, 2.75) is 33.2 Å². The van der Waals surface area contributed by atoms with E-state index in [9.17, 15) is 9.59 Å². The molecule has 0 aliphatic carbocycles. The van der Waals surface area contributed by atoms with Crippen molar-refractivity contribution in [3.8, 4) is 0 Å². The molecular weight excluding hydrogens is 254 g/mol. The van der Waals surface area contributed by atoms with Crippen LogP contribution < -0.4 is 16.0 Å². The number of hydrogen-bond acceptors (Lipinski definition) is 3. The molecule has 3 N–H and O–H groups in total. The van der Waals surface area contributed by atoms with E-state index in [-0.39, 0.29) is 24.4 Å². The van der Waals surface area contributed by atoms with Crippen molar-refractivity contribution in [2.75, 3.05) is 18.4 Å². The molecule has 0 aliphatic heterocycles. The van der Waals surface area contributed by atoms with E-state index in [2.05, 4.69) is 16.0 Å². The molecule has 5 heteroatoms. The minimum Gasteiger partial charge on any atom is -0.376 e. The molecule has 0 radical (unpaired) electrons. The topological polar surface area (TPSA) is 70.2 Å². The van der Waals surface area contributed by atoms with Crippen molar-refractivity contribution in [3.63, 3.8) is 0 Å². The van der Waals surface area contributed by atoms with E-state index in [1.165, 1.54) is 0 Å². The molecule has 5 nitrogen and oxygen atoms in total. The smallest absolute Gasteiger partial charge is 0.251 e. The minimum atomic E-state index is -0.0905. The maximum Gasteiger partial charge on any atom is 0.251 e. The molecule has 0 heterocycles. The van der Waals surface area contributed by atoms with Crippen LogP contribution >= 0.6 is 0 Å². The van der Waals surface area contributed by atoms with Crippen LogP contribution in [0.3, 0.4) is 0 Å². The normalized spacial score (nSPS) is 10.2. The lowest BCUT2D eigenvalue weighted by Crippen LogP contribution is -2.30. The summed E-state index contributed by atoms with van der Waals surface area (Å²) in [6.07, 6.45) is 0.922. The van der Waals surface area contributed by atoms with E-state index in [1.54, 1.807) is 24.3 Å². The van der Waals surface area contributed by atoms with Crippen LogP contribution in [0.15, 0.2) is 24.3 Å². The Kier molecular flexibility index (Phi) is 6.56. The highest BCUT2D eigenvalue weighted by Gasteiger charge is 2.06. The first kappa shape index (κ1) is 16.0. The van der Waals surface area contributed by atoms with E-state index < -0.39 is 0 Å². The largest absolute Gasteiger partial charge is 0.376 e. The molecule has 0 spiro atoms. The van der Waals surface area contributed by atoms with E-state index >= 15 is 0 Å². The Morgan fingerprint density at radius 3 is 2.35 bits per heavy atom. The maximum atomic E-state index is 11.8. The summed E-state index contributed by atoms with van der Waals surface area (Å²) in [5.74, 6) is -0.124. The van der Waals surface area contributed by atoms with Gasteiger partial charge in [-0.1, -0.05) is 6.92 Å². The molecule has 1 aromatic rings. The summed E-state index contributed by atoms with van der Waals surface area (Å²) in [6, 6.07) is 7.18. The van der Waals surface area contributed by atoms with E-state index in [4.69, 9.17) is 0 Å². The van der Waals surface area contributed by atoms with Crippen LogP contribution in [0.5, 0.6) is 0 Å². The summed E-state index contributed by atoms with van der Waals surface area (Å²) in [7, 11) is 0. The zero-order valence-electron chi connectivity index (χ0n) is 12.3. The lowest BCUT2D eigenvalue weighted by Gasteiger charge is -2.10. The summed E-state index contributed by atoms with van der Waals surface area (Å²) in [6.45, 7) is 6.77. The monoisotopic (exact) mass is 277 g/mol. The Labute approximate surface area is 120 Å². The summed E-state index contributed by atoms with van der Waals surface area (Å²) in [5.41, 5.74) is 1.43. The van der Waals surface area contributed by atoms with Gasteiger partial charge in [0.2, 0.25) is 5.91 Å². The van der Waals surface area contributed by atoms with Gasteiger partial charge in [-0.25, -0.2) is 0 Å². The fourth-order valence-corrected chi connectivity index (χ4v) is 1.59. The molecule has 0 saturated carbocycles. The minimum absolute atomic E-state index is 0.0338.